The van der Waals surface area contributed by atoms with Gasteiger partial charge in [0.2, 0.25) is 0 Å². The SMILES string of the molecule is Cc1cc(CN2Cc3ccnn3C(CN(C)C)C2)n(C)n1. The van der Waals surface area contributed by atoms with Crippen molar-refractivity contribution in [2.75, 3.05) is 27.2 Å². The van der Waals surface area contributed by atoms with Gasteiger partial charge in [0, 0.05) is 39.4 Å². The molecule has 114 valence electrons. The minimum Gasteiger partial charge on any atom is -0.307 e. The molecule has 0 fully saturated rings. The summed E-state index contributed by atoms with van der Waals surface area (Å²) in [5.41, 5.74) is 3.65. The van der Waals surface area contributed by atoms with Crippen molar-refractivity contribution in [2.24, 2.45) is 7.05 Å². The quantitative estimate of drug-likeness (QED) is 0.843. The summed E-state index contributed by atoms with van der Waals surface area (Å²) >= 11 is 0. The van der Waals surface area contributed by atoms with E-state index in [1.165, 1.54) is 11.4 Å². The molecule has 0 bridgehead atoms. The van der Waals surface area contributed by atoms with Crippen molar-refractivity contribution in [1.29, 1.82) is 0 Å². The highest BCUT2D eigenvalue weighted by atomic mass is 15.4. The van der Waals surface area contributed by atoms with Crippen LogP contribution in [0.25, 0.3) is 0 Å². The fourth-order valence-corrected chi connectivity index (χ4v) is 3.18. The van der Waals surface area contributed by atoms with Crippen LogP contribution in [0.2, 0.25) is 0 Å². The lowest BCUT2D eigenvalue weighted by molar-refractivity contribution is 0.143. The van der Waals surface area contributed by atoms with Crippen molar-refractivity contribution in [1.82, 2.24) is 29.4 Å². The van der Waals surface area contributed by atoms with E-state index in [-0.39, 0.29) is 0 Å². The molecule has 0 saturated carbocycles. The Morgan fingerprint density at radius 3 is 2.86 bits per heavy atom. The second-order valence-electron chi connectivity index (χ2n) is 6.25. The van der Waals surface area contributed by atoms with Gasteiger partial charge in [-0.1, -0.05) is 0 Å². The van der Waals surface area contributed by atoms with E-state index < -0.39 is 0 Å². The second-order valence-corrected chi connectivity index (χ2v) is 6.25. The highest BCUT2D eigenvalue weighted by Gasteiger charge is 2.26. The lowest BCUT2D eigenvalue weighted by Crippen LogP contribution is -2.41. The molecule has 1 aliphatic rings. The summed E-state index contributed by atoms with van der Waals surface area (Å²) in [4.78, 5) is 4.72. The molecule has 0 saturated heterocycles. The van der Waals surface area contributed by atoms with Gasteiger partial charge >= 0.3 is 0 Å². The van der Waals surface area contributed by atoms with Gasteiger partial charge in [-0.2, -0.15) is 10.2 Å². The van der Waals surface area contributed by atoms with Crippen LogP contribution in [0.15, 0.2) is 18.3 Å². The lowest BCUT2D eigenvalue weighted by Gasteiger charge is -2.35. The molecule has 1 unspecified atom stereocenters. The Bertz CT molecular complexity index is 611. The number of fused-ring (bicyclic) bond motifs is 1. The van der Waals surface area contributed by atoms with Crippen molar-refractivity contribution in [2.45, 2.75) is 26.1 Å². The minimum atomic E-state index is 0.410. The van der Waals surface area contributed by atoms with Crippen molar-refractivity contribution in [3.63, 3.8) is 0 Å². The third kappa shape index (κ3) is 3.01. The Kier molecular flexibility index (Phi) is 3.82. The standard InChI is InChI=1S/C15H24N6/c1-12-7-14(19(4)17-12)10-20-9-13-5-6-16-21(13)15(11-20)8-18(2)3/h5-7,15H,8-11H2,1-4H3. The van der Waals surface area contributed by atoms with Crippen molar-refractivity contribution in [3.8, 4) is 0 Å². The van der Waals surface area contributed by atoms with Crippen LogP contribution in [0.3, 0.4) is 0 Å². The molecule has 0 spiro atoms. The fourth-order valence-electron chi connectivity index (χ4n) is 3.18. The topological polar surface area (TPSA) is 42.1 Å². The van der Waals surface area contributed by atoms with Crippen LogP contribution >= 0.6 is 0 Å². The molecule has 3 heterocycles. The van der Waals surface area contributed by atoms with E-state index in [0.29, 0.717) is 6.04 Å². The molecule has 1 atom stereocenters. The summed E-state index contributed by atoms with van der Waals surface area (Å²) in [6.07, 6.45) is 1.91. The number of aromatic nitrogens is 4. The number of hydrogen-bond acceptors (Lipinski definition) is 4. The van der Waals surface area contributed by atoms with Gasteiger partial charge in [0.25, 0.3) is 0 Å². The highest BCUT2D eigenvalue weighted by Crippen LogP contribution is 2.22. The summed E-state index contributed by atoms with van der Waals surface area (Å²) in [6, 6.07) is 4.71. The third-order valence-corrected chi connectivity index (χ3v) is 4.01. The van der Waals surface area contributed by atoms with Gasteiger partial charge in [0.15, 0.2) is 0 Å². The fraction of sp³-hybridized carbons (Fsp3) is 0.600. The molecule has 0 radical (unpaired) electrons. The smallest absolute Gasteiger partial charge is 0.0776 e. The predicted octanol–water partition coefficient (Wildman–Crippen LogP) is 1.04. The molecule has 3 rings (SSSR count). The third-order valence-electron chi connectivity index (χ3n) is 4.01. The summed E-state index contributed by atoms with van der Waals surface area (Å²) < 4.78 is 4.17. The molecule has 0 aliphatic carbocycles. The zero-order valence-electron chi connectivity index (χ0n) is 13.3. The first-order valence-electron chi connectivity index (χ1n) is 7.42. The number of nitrogens with zero attached hydrogens (tertiary/aromatic N) is 6. The van der Waals surface area contributed by atoms with Crippen LogP contribution in [0.4, 0.5) is 0 Å². The van der Waals surface area contributed by atoms with Crippen LogP contribution in [0.5, 0.6) is 0 Å². The van der Waals surface area contributed by atoms with E-state index >= 15 is 0 Å². The zero-order chi connectivity index (χ0) is 15.0. The van der Waals surface area contributed by atoms with Crippen molar-refractivity contribution in [3.05, 3.63) is 35.4 Å². The minimum absolute atomic E-state index is 0.410. The first-order chi connectivity index (χ1) is 10.0. The number of likely N-dealkylation sites (N-methyl/N-ethyl adjacent to an activating group) is 1. The van der Waals surface area contributed by atoms with E-state index in [4.69, 9.17) is 0 Å². The van der Waals surface area contributed by atoms with Gasteiger partial charge in [-0.3, -0.25) is 14.3 Å². The van der Waals surface area contributed by atoms with E-state index in [1.54, 1.807) is 0 Å². The monoisotopic (exact) mass is 288 g/mol. The molecule has 6 heteroatoms. The first kappa shape index (κ1) is 14.3. The maximum atomic E-state index is 4.50. The molecule has 2 aromatic rings. The van der Waals surface area contributed by atoms with Crippen LogP contribution in [0.1, 0.15) is 23.1 Å². The summed E-state index contributed by atoms with van der Waals surface area (Å²) in [7, 11) is 6.26. The Labute approximate surface area is 126 Å². The summed E-state index contributed by atoms with van der Waals surface area (Å²) in [6.45, 7) is 5.97. The Morgan fingerprint density at radius 1 is 1.38 bits per heavy atom. The average Bonchev–Trinajstić information content (AvgIpc) is 2.96. The molecule has 6 nitrogen and oxygen atoms in total. The highest BCUT2D eigenvalue weighted by molar-refractivity contribution is 5.11. The van der Waals surface area contributed by atoms with Gasteiger partial charge in [0.05, 0.1) is 23.1 Å². The van der Waals surface area contributed by atoms with Gasteiger partial charge in [-0.15, -0.1) is 0 Å². The van der Waals surface area contributed by atoms with E-state index in [0.717, 1.165) is 31.9 Å². The number of rotatable bonds is 4. The van der Waals surface area contributed by atoms with Crippen molar-refractivity contribution >= 4 is 0 Å². The molecule has 0 N–H and O–H groups in total. The van der Waals surface area contributed by atoms with Gasteiger partial charge in [-0.05, 0) is 33.2 Å². The maximum Gasteiger partial charge on any atom is 0.0776 e. The number of hydrogen-bond donors (Lipinski definition) is 0. The van der Waals surface area contributed by atoms with Crippen LogP contribution < -0.4 is 0 Å². The van der Waals surface area contributed by atoms with Gasteiger partial charge in [-0.25, -0.2) is 0 Å². The second kappa shape index (κ2) is 5.61. The Hall–Kier alpha value is -1.66. The van der Waals surface area contributed by atoms with Gasteiger partial charge in [0.1, 0.15) is 0 Å². The van der Waals surface area contributed by atoms with Crippen LogP contribution in [-0.2, 0) is 20.1 Å². The zero-order valence-corrected chi connectivity index (χ0v) is 13.3. The summed E-state index contributed by atoms with van der Waals surface area (Å²) in [5.74, 6) is 0. The van der Waals surface area contributed by atoms with Crippen LogP contribution in [0, 0.1) is 6.92 Å². The van der Waals surface area contributed by atoms with Crippen molar-refractivity contribution < 1.29 is 0 Å². The van der Waals surface area contributed by atoms with Crippen LogP contribution in [-0.4, -0.2) is 56.5 Å². The Balaban J connectivity index is 1.78. The first-order valence-corrected chi connectivity index (χ1v) is 7.42. The molecule has 1 aliphatic heterocycles. The largest absolute Gasteiger partial charge is 0.307 e. The lowest BCUT2D eigenvalue weighted by atomic mass is 10.1. The molecule has 21 heavy (non-hydrogen) atoms. The van der Waals surface area contributed by atoms with E-state index in [2.05, 4.69) is 50.9 Å². The Morgan fingerprint density at radius 2 is 2.19 bits per heavy atom. The van der Waals surface area contributed by atoms with E-state index in [9.17, 15) is 0 Å². The number of aryl methyl sites for hydroxylation is 2. The maximum absolute atomic E-state index is 4.50. The molecular formula is C15H24N6. The molecule has 2 aromatic heterocycles. The molecule has 0 aromatic carbocycles. The normalized spacial score (nSPS) is 19.2. The predicted molar refractivity (Wildman–Crippen MR) is 81.9 cm³/mol. The van der Waals surface area contributed by atoms with E-state index in [1.807, 2.05) is 24.9 Å². The molecular weight excluding hydrogens is 264 g/mol. The summed E-state index contributed by atoms with van der Waals surface area (Å²) in [5, 5.41) is 8.94. The molecule has 0 amide bonds. The van der Waals surface area contributed by atoms with Gasteiger partial charge < -0.3 is 4.90 Å². The average molecular weight is 288 g/mol.